The molecule has 1 aromatic rings. The molecule has 0 saturated heterocycles. The molecule has 0 fully saturated rings. The molecule has 15 heavy (non-hydrogen) atoms. The summed E-state index contributed by atoms with van der Waals surface area (Å²) < 4.78 is 18.4. The highest BCUT2D eigenvalue weighted by Crippen LogP contribution is 2.22. The largest absolute Gasteiger partial charge is 0.494 e. The van der Waals surface area contributed by atoms with Crippen LogP contribution in [0, 0.1) is 0 Å². The van der Waals surface area contributed by atoms with Gasteiger partial charge in [0.15, 0.2) is 0 Å². The maximum Gasteiger partial charge on any atom is 0.343 e. The van der Waals surface area contributed by atoms with E-state index in [0.29, 0.717) is 12.4 Å². The number of hydrogen-bond acceptors (Lipinski definition) is 2. The van der Waals surface area contributed by atoms with E-state index in [4.69, 9.17) is 9.84 Å². The Hall–Kier alpha value is -1.58. The molecule has 0 aromatic heterocycles. The molecular formula is C11H13FO3. The zero-order chi connectivity index (χ0) is 11.3. The fourth-order valence-electron chi connectivity index (χ4n) is 1.12. The predicted molar refractivity (Wildman–Crippen MR) is 53.7 cm³/mol. The summed E-state index contributed by atoms with van der Waals surface area (Å²) in [7, 11) is 0. The van der Waals surface area contributed by atoms with Gasteiger partial charge < -0.3 is 9.84 Å². The highest BCUT2D eigenvalue weighted by molar-refractivity contribution is 5.74. The number of benzene rings is 1. The van der Waals surface area contributed by atoms with Crippen molar-refractivity contribution in [1.29, 1.82) is 0 Å². The van der Waals surface area contributed by atoms with E-state index < -0.39 is 12.1 Å². The molecule has 0 aliphatic heterocycles. The molecule has 0 heterocycles. The first-order valence-corrected chi connectivity index (χ1v) is 4.74. The number of carboxylic acids is 1. The monoisotopic (exact) mass is 212 g/mol. The minimum atomic E-state index is -1.99. The van der Waals surface area contributed by atoms with E-state index in [9.17, 15) is 9.18 Å². The third-order valence-corrected chi connectivity index (χ3v) is 1.84. The van der Waals surface area contributed by atoms with Gasteiger partial charge >= 0.3 is 5.97 Å². The van der Waals surface area contributed by atoms with Crippen molar-refractivity contribution in [2.75, 3.05) is 6.61 Å². The Morgan fingerprint density at radius 2 is 2.33 bits per heavy atom. The van der Waals surface area contributed by atoms with Crippen LogP contribution >= 0.6 is 0 Å². The van der Waals surface area contributed by atoms with Crippen molar-refractivity contribution in [1.82, 2.24) is 0 Å². The Balaban J connectivity index is 2.77. The van der Waals surface area contributed by atoms with Crippen molar-refractivity contribution in [3.63, 3.8) is 0 Å². The Kier molecular flexibility index (Phi) is 4.09. The molecule has 4 heteroatoms. The number of halogens is 1. The first kappa shape index (κ1) is 11.5. The average Bonchev–Trinajstić information content (AvgIpc) is 2.25. The lowest BCUT2D eigenvalue weighted by Gasteiger charge is -2.07. The topological polar surface area (TPSA) is 46.5 Å². The van der Waals surface area contributed by atoms with Crippen LogP contribution in [0.15, 0.2) is 24.3 Å². The molecule has 3 nitrogen and oxygen atoms in total. The molecule has 0 spiro atoms. The van der Waals surface area contributed by atoms with Crippen molar-refractivity contribution in [2.45, 2.75) is 19.5 Å². The summed E-state index contributed by atoms with van der Waals surface area (Å²) in [6.07, 6.45) is -1.14. The van der Waals surface area contributed by atoms with Gasteiger partial charge in [0.1, 0.15) is 5.75 Å². The number of ether oxygens (including phenoxy) is 1. The lowest BCUT2D eigenvalue weighted by Crippen LogP contribution is -2.06. The number of carboxylic acid groups (broad SMARTS) is 1. The highest BCUT2D eigenvalue weighted by Gasteiger charge is 2.18. The second-order valence-corrected chi connectivity index (χ2v) is 3.12. The van der Waals surface area contributed by atoms with Crippen LogP contribution in [0.3, 0.4) is 0 Å². The average molecular weight is 212 g/mol. The van der Waals surface area contributed by atoms with Crippen LogP contribution in [0.4, 0.5) is 4.39 Å². The predicted octanol–water partition coefficient (Wildman–Crippen LogP) is 2.57. The second kappa shape index (κ2) is 5.34. The Labute approximate surface area is 87.5 Å². The van der Waals surface area contributed by atoms with Gasteiger partial charge in [0.2, 0.25) is 6.17 Å². The summed E-state index contributed by atoms with van der Waals surface area (Å²) >= 11 is 0. The zero-order valence-corrected chi connectivity index (χ0v) is 8.44. The summed E-state index contributed by atoms with van der Waals surface area (Å²) in [4.78, 5) is 10.4. The molecule has 82 valence electrons. The zero-order valence-electron chi connectivity index (χ0n) is 8.44. The fourth-order valence-corrected chi connectivity index (χ4v) is 1.12. The molecule has 1 unspecified atom stereocenters. The summed E-state index contributed by atoms with van der Waals surface area (Å²) in [5.74, 6) is -0.985. The van der Waals surface area contributed by atoms with E-state index in [1.807, 2.05) is 6.92 Å². The molecule has 1 aromatic carbocycles. The van der Waals surface area contributed by atoms with Crippen LogP contribution in [-0.2, 0) is 4.79 Å². The van der Waals surface area contributed by atoms with E-state index in [0.717, 1.165) is 6.42 Å². The molecule has 0 amide bonds. The molecule has 0 aliphatic carbocycles. The van der Waals surface area contributed by atoms with Gasteiger partial charge in [-0.2, -0.15) is 0 Å². The van der Waals surface area contributed by atoms with Crippen molar-refractivity contribution >= 4 is 5.97 Å². The lowest BCUT2D eigenvalue weighted by molar-refractivity contribution is -0.143. The second-order valence-electron chi connectivity index (χ2n) is 3.12. The van der Waals surface area contributed by atoms with Gasteiger partial charge in [-0.15, -0.1) is 0 Å². The Morgan fingerprint density at radius 1 is 1.60 bits per heavy atom. The van der Waals surface area contributed by atoms with Crippen LogP contribution in [0.2, 0.25) is 0 Å². The molecule has 0 saturated carbocycles. The first-order valence-electron chi connectivity index (χ1n) is 4.74. The standard InChI is InChI=1S/C11H13FO3/c1-2-6-15-9-5-3-4-8(7-9)10(12)11(13)14/h3-5,7,10H,2,6H2,1H3,(H,13,14). The third-order valence-electron chi connectivity index (χ3n) is 1.84. The van der Waals surface area contributed by atoms with Gasteiger partial charge in [0.25, 0.3) is 0 Å². The van der Waals surface area contributed by atoms with Gasteiger partial charge in [0, 0.05) is 5.56 Å². The van der Waals surface area contributed by atoms with Crippen LogP contribution < -0.4 is 4.74 Å². The smallest absolute Gasteiger partial charge is 0.343 e. The number of hydrogen-bond donors (Lipinski definition) is 1. The summed E-state index contributed by atoms with van der Waals surface area (Å²) in [6.45, 7) is 2.49. The minimum Gasteiger partial charge on any atom is -0.494 e. The number of aliphatic carboxylic acids is 1. The van der Waals surface area contributed by atoms with Crippen LogP contribution in [0.5, 0.6) is 5.75 Å². The SMILES string of the molecule is CCCOc1cccc(C(F)C(=O)O)c1. The Morgan fingerprint density at radius 3 is 2.93 bits per heavy atom. The van der Waals surface area contributed by atoms with Crippen molar-refractivity contribution in [3.8, 4) is 5.75 Å². The summed E-state index contributed by atoms with van der Waals surface area (Å²) in [6, 6.07) is 6.09. The van der Waals surface area contributed by atoms with Crippen molar-refractivity contribution in [2.24, 2.45) is 0 Å². The maximum atomic E-state index is 13.1. The van der Waals surface area contributed by atoms with Gasteiger partial charge in [-0.05, 0) is 18.6 Å². The molecule has 1 atom stereocenters. The number of rotatable bonds is 5. The molecule has 0 radical (unpaired) electrons. The molecular weight excluding hydrogens is 199 g/mol. The van der Waals surface area contributed by atoms with E-state index in [2.05, 4.69) is 0 Å². The van der Waals surface area contributed by atoms with Gasteiger partial charge in [-0.3, -0.25) is 0 Å². The molecule has 1 rings (SSSR count). The third kappa shape index (κ3) is 3.23. The van der Waals surface area contributed by atoms with Crippen LogP contribution in [-0.4, -0.2) is 17.7 Å². The highest BCUT2D eigenvalue weighted by atomic mass is 19.1. The van der Waals surface area contributed by atoms with Crippen molar-refractivity contribution in [3.05, 3.63) is 29.8 Å². The fraction of sp³-hybridized carbons (Fsp3) is 0.364. The number of alkyl halides is 1. The van der Waals surface area contributed by atoms with E-state index in [1.54, 1.807) is 12.1 Å². The van der Waals surface area contributed by atoms with E-state index >= 15 is 0 Å². The lowest BCUT2D eigenvalue weighted by atomic mass is 10.1. The van der Waals surface area contributed by atoms with Crippen LogP contribution in [0.25, 0.3) is 0 Å². The summed E-state index contributed by atoms with van der Waals surface area (Å²) in [5.41, 5.74) is 0.108. The Bertz CT molecular complexity index is 338. The van der Waals surface area contributed by atoms with Gasteiger partial charge in [-0.1, -0.05) is 19.1 Å². The quantitative estimate of drug-likeness (QED) is 0.815. The molecule has 1 N–H and O–H groups in total. The van der Waals surface area contributed by atoms with E-state index in [1.165, 1.54) is 12.1 Å². The maximum absolute atomic E-state index is 13.1. The van der Waals surface area contributed by atoms with E-state index in [-0.39, 0.29) is 5.56 Å². The van der Waals surface area contributed by atoms with Gasteiger partial charge in [0.05, 0.1) is 6.61 Å². The number of carbonyl (C=O) groups is 1. The first-order chi connectivity index (χ1) is 7.15. The minimum absolute atomic E-state index is 0.108. The van der Waals surface area contributed by atoms with Crippen LogP contribution in [0.1, 0.15) is 25.1 Å². The van der Waals surface area contributed by atoms with Crippen molar-refractivity contribution < 1.29 is 19.0 Å². The van der Waals surface area contributed by atoms with Gasteiger partial charge in [-0.25, -0.2) is 9.18 Å². The molecule has 0 bridgehead atoms. The molecule has 0 aliphatic rings. The normalized spacial score (nSPS) is 12.1. The summed E-state index contributed by atoms with van der Waals surface area (Å²) in [5, 5.41) is 8.49.